The lowest BCUT2D eigenvalue weighted by molar-refractivity contribution is -0.155. The third-order valence-electron chi connectivity index (χ3n) is 4.03. The first-order chi connectivity index (χ1) is 14.2. The number of carbonyl (C=O) groups excluding carboxylic acids is 2. The van der Waals surface area contributed by atoms with Gasteiger partial charge in [-0.15, -0.1) is 0 Å². The number of allylic oxidation sites excluding steroid dienone is 1. The summed E-state index contributed by atoms with van der Waals surface area (Å²) >= 11 is 0. The van der Waals surface area contributed by atoms with Gasteiger partial charge in [-0.3, -0.25) is 9.59 Å². The van der Waals surface area contributed by atoms with Crippen LogP contribution in [0.25, 0.3) is 0 Å². The van der Waals surface area contributed by atoms with E-state index in [0.29, 0.717) is 49.7 Å². The second kappa shape index (κ2) is 14.0. The molecule has 0 radical (unpaired) electrons. The Labute approximate surface area is 198 Å². The standard InChI is InChI=1S/C22H41NO4.C5H12/c1-9-10-18(24)12-15-22(23,14-11-17(2)26-20(3,4)5)16-13-19(25)27-21(6,7)8;1-5(2,3)4/h2,9-16,23H2,1,3-8H3;1-4H3. The topological polar surface area (TPSA) is 78.6 Å². The van der Waals surface area contributed by atoms with Crippen molar-refractivity contribution >= 4 is 11.8 Å². The lowest BCUT2D eigenvalue weighted by Crippen LogP contribution is -2.41. The molecule has 0 saturated heterocycles. The molecule has 1 unspecified atom stereocenters. The number of carbonyl (C=O) groups is 2. The van der Waals surface area contributed by atoms with Crippen molar-refractivity contribution < 1.29 is 19.1 Å². The Balaban J connectivity index is 0. The summed E-state index contributed by atoms with van der Waals surface area (Å²) in [6, 6.07) is 0. The summed E-state index contributed by atoms with van der Waals surface area (Å²) < 4.78 is 11.2. The highest BCUT2D eigenvalue weighted by molar-refractivity contribution is 5.78. The number of hydrogen-bond donors (Lipinski definition) is 1. The van der Waals surface area contributed by atoms with Crippen LogP contribution < -0.4 is 5.73 Å². The Bertz CT molecular complexity index is 536. The molecule has 5 nitrogen and oxygen atoms in total. The largest absolute Gasteiger partial charge is 0.493 e. The van der Waals surface area contributed by atoms with E-state index in [9.17, 15) is 9.59 Å². The van der Waals surface area contributed by atoms with Crippen LogP contribution in [0.4, 0.5) is 0 Å². The fourth-order valence-corrected chi connectivity index (χ4v) is 2.78. The fraction of sp³-hybridized carbons (Fsp3) is 0.852. The molecular weight excluding hydrogens is 402 g/mol. The van der Waals surface area contributed by atoms with Gasteiger partial charge in [-0.25, -0.2) is 0 Å². The van der Waals surface area contributed by atoms with Gasteiger partial charge in [-0.05, 0) is 72.6 Å². The Morgan fingerprint density at radius 1 is 0.719 bits per heavy atom. The number of Topliss-reactive ketones (excluding diaryl/α,β-unsaturated/α-hetero) is 1. The molecule has 0 bridgehead atoms. The van der Waals surface area contributed by atoms with Gasteiger partial charge < -0.3 is 15.2 Å². The molecule has 0 saturated carbocycles. The van der Waals surface area contributed by atoms with Crippen LogP contribution in [0.1, 0.15) is 128 Å². The normalized spacial score (nSPS) is 14.0. The molecule has 32 heavy (non-hydrogen) atoms. The van der Waals surface area contributed by atoms with Gasteiger partial charge in [-0.1, -0.05) is 41.2 Å². The van der Waals surface area contributed by atoms with Crippen LogP contribution in [-0.4, -0.2) is 28.5 Å². The van der Waals surface area contributed by atoms with Gasteiger partial charge in [0.05, 0.1) is 5.76 Å². The van der Waals surface area contributed by atoms with Crippen molar-refractivity contribution in [1.29, 1.82) is 0 Å². The summed E-state index contributed by atoms with van der Waals surface area (Å²) in [5.41, 5.74) is 5.67. The highest BCUT2D eigenvalue weighted by Gasteiger charge is 2.28. The van der Waals surface area contributed by atoms with E-state index in [1.54, 1.807) is 0 Å². The molecule has 0 amide bonds. The van der Waals surface area contributed by atoms with Gasteiger partial charge in [0.1, 0.15) is 17.0 Å². The minimum absolute atomic E-state index is 0.217. The van der Waals surface area contributed by atoms with E-state index in [4.69, 9.17) is 15.2 Å². The van der Waals surface area contributed by atoms with Crippen molar-refractivity contribution in [2.45, 2.75) is 144 Å². The number of hydrogen-bond acceptors (Lipinski definition) is 5. The minimum Gasteiger partial charge on any atom is -0.493 e. The van der Waals surface area contributed by atoms with E-state index in [2.05, 4.69) is 34.3 Å². The van der Waals surface area contributed by atoms with Crippen LogP contribution in [0.5, 0.6) is 0 Å². The monoisotopic (exact) mass is 455 g/mol. The van der Waals surface area contributed by atoms with Crippen molar-refractivity contribution in [3.8, 4) is 0 Å². The highest BCUT2D eigenvalue weighted by atomic mass is 16.6. The molecule has 2 N–H and O–H groups in total. The lowest BCUT2D eigenvalue weighted by atomic mass is 9.83. The first-order valence-corrected chi connectivity index (χ1v) is 12.0. The number of ketones is 1. The molecule has 0 aliphatic heterocycles. The van der Waals surface area contributed by atoms with Gasteiger partial charge in [0, 0.05) is 31.2 Å². The summed E-state index contributed by atoms with van der Waals surface area (Å²) in [5, 5.41) is 0. The van der Waals surface area contributed by atoms with Crippen molar-refractivity contribution in [1.82, 2.24) is 0 Å². The summed E-state index contributed by atoms with van der Waals surface area (Å²) in [4.78, 5) is 24.0. The smallest absolute Gasteiger partial charge is 0.306 e. The van der Waals surface area contributed by atoms with Crippen molar-refractivity contribution in [3.63, 3.8) is 0 Å². The van der Waals surface area contributed by atoms with Crippen molar-refractivity contribution in [2.75, 3.05) is 0 Å². The van der Waals surface area contributed by atoms with E-state index in [1.807, 2.05) is 48.5 Å². The van der Waals surface area contributed by atoms with Gasteiger partial charge in [0.2, 0.25) is 0 Å². The number of esters is 1. The summed E-state index contributed by atoms with van der Waals surface area (Å²) in [6.07, 6.45) is 4.33. The SMILES string of the molecule is C=C(CCC(N)(CCC(=O)CCC)CCC(=O)OC(C)(C)C)OC(C)(C)C.CC(C)(C)C. The van der Waals surface area contributed by atoms with Gasteiger partial charge in [0.25, 0.3) is 0 Å². The zero-order chi connectivity index (χ0) is 25.8. The molecule has 0 aromatic rings. The Hall–Kier alpha value is -1.36. The quantitative estimate of drug-likeness (QED) is 0.250. The zero-order valence-corrected chi connectivity index (χ0v) is 23.1. The fourth-order valence-electron chi connectivity index (χ4n) is 2.78. The zero-order valence-electron chi connectivity index (χ0n) is 23.1. The summed E-state index contributed by atoms with van der Waals surface area (Å²) in [6.45, 7) is 26.2. The molecule has 0 rings (SSSR count). The van der Waals surface area contributed by atoms with E-state index in [0.717, 1.165) is 6.42 Å². The molecule has 0 fully saturated rings. The van der Waals surface area contributed by atoms with Crippen LogP contribution in [-0.2, 0) is 19.1 Å². The number of nitrogens with two attached hydrogens (primary N) is 1. The van der Waals surface area contributed by atoms with Crippen molar-refractivity contribution in [2.24, 2.45) is 11.1 Å². The maximum atomic E-state index is 12.1. The van der Waals surface area contributed by atoms with Crippen LogP contribution in [0.3, 0.4) is 0 Å². The van der Waals surface area contributed by atoms with Gasteiger partial charge >= 0.3 is 5.97 Å². The molecule has 190 valence electrons. The van der Waals surface area contributed by atoms with Gasteiger partial charge in [-0.2, -0.15) is 0 Å². The summed E-state index contributed by atoms with van der Waals surface area (Å²) in [7, 11) is 0. The first kappa shape index (κ1) is 32.8. The number of ether oxygens (including phenoxy) is 2. The molecule has 5 heteroatoms. The van der Waals surface area contributed by atoms with E-state index < -0.39 is 11.1 Å². The first-order valence-electron chi connectivity index (χ1n) is 12.0. The average Bonchev–Trinajstić information content (AvgIpc) is 2.52. The van der Waals surface area contributed by atoms with E-state index in [1.165, 1.54) is 0 Å². The van der Waals surface area contributed by atoms with Crippen LogP contribution in [0, 0.1) is 5.41 Å². The van der Waals surface area contributed by atoms with E-state index in [-0.39, 0.29) is 23.8 Å². The van der Waals surface area contributed by atoms with Crippen LogP contribution in [0.15, 0.2) is 12.3 Å². The Morgan fingerprint density at radius 2 is 1.12 bits per heavy atom. The lowest BCUT2D eigenvalue weighted by Gasteiger charge is -2.31. The Morgan fingerprint density at radius 3 is 1.53 bits per heavy atom. The number of rotatable bonds is 12. The molecule has 0 aromatic heterocycles. The van der Waals surface area contributed by atoms with Crippen LogP contribution >= 0.6 is 0 Å². The minimum atomic E-state index is -0.621. The highest BCUT2D eigenvalue weighted by Crippen LogP contribution is 2.27. The average molecular weight is 456 g/mol. The predicted molar refractivity (Wildman–Crippen MR) is 135 cm³/mol. The predicted octanol–water partition coefficient (Wildman–Crippen LogP) is 7.12. The molecule has 0 aromatic carbocycles. The second-order valence-corrected chi connectivity index (χ2v) is 12.5. The third kappa shape index (κ3) is 24.9. The van der Waals surface area contributed by atoms with Crippen LogP contribution in [0.2, 0.25) is 0 Å². The molecule has 0 spiro atoms. The third-order valence-corrected chi connectivity index (χ3v) is 4.03. The molecule has 0 aliphatic carbocycles. The van der Waals surface area contributed by atoms with E-state index >= 15 is 0 Å². The molecule has 0 aliphatic rings. The van der Waals surface area contributed by atoms with Crippen molar-refractivity contribution in [3.05, 3.63) is 12.3 Å². The second-order valence-electron chi connectivity index (χ2n) is 12.5. The molecule has 0 heterocycles. The maximum Gasteiger partial charge on any atom is 0.306 e. The Kier molecular flexibility index (Phi) is 14.4. The van der Waals surface area contributed by atoms with Gasteiger partial charge in [0.15, 0.2) is 0 Å². The maximum absolute atomic E-state index is 12.1. The molecule has 1 atom stereocenters. The summed E-state index contributed by atoms with van der Waals surface area (Å²) in [5.74, 6) is 0.630. The molecular formula is C27H53NO4.